The lowest BCUT2D eigenvalue weighted by atomic mass is 9.77. The van der Waals surface area contributed by atoms with E-state index in [2.05, 4.69) is 17.1 Å². The molecule has 29 heavy (non-hydrogen) atoms. The van der Waals surface area contributed by atoms with Crippen molar-refractivity contribution in [3.8, 4) is 0 Å². The van der Waals surface area contributed by atoms with Crippen LogP contribution in [0.3, 0.4) is 0 Å². The molecule has 2 aliphatic heterocycles. The van der Waals surface area contributed by atoms with Gasteiger partial charge in [0, 0.05) is 43.5 Å². The molecule has 2 fully saturated rings. The molecule has 5 nitrogen and oxygen atoms in total. The minimum atomic E-state index is -0.283. The second-order valence-electron chi connectivity index (χ2n) is 8.31. The highest BCUT2D eigenvalue weighted by Crippen LogP contribution is 2.42. The fourth-order valence-corrected chi connectivity index (χ4v) is 4.81. The summed E-state index contributed by atoms with van der Waals surface area (Å²) in [5, 5.41) is 1.11. The van der Waals surface area contributed by atoms with Gasteiger partial charge in [-0.15, -0.1) is 0 Å². The number of nitrogens with one attached hydrogen (secondary N) is 1. The zero-order valence-corrected chi connectivity index (χ0v) is 16.4. The molecule has 0 atom stereocenters. The zero-order valence-electron chi connectivity index (χ0n) is 16.4. The van der Waals surface area contributed by atoms with Crippen LogP contribution < -0.4 is 0 Å². The quantitative estimate of drug-likeness (QED) is 0.743. The first-order valence-corrected chi connectivity index (χ1v) is 10.3. The van der Waals surface area contributed by atoms with Crippen molar-refractivity contribution in [3.63, 3.8) is 0 Å². The normalized spacial score (nSPS) is 18.7. The summed E-state index contributed by atoms with van der Waals surface area (Å²) in [4.78, 5) is 33.2. The molecule has 148 valence electrons. The van der Waals surface area contributed by atoms with E-state index in [4.69, 9.17) is 0 Å². The summed E-state index contributed by atoms with van der Waals surface area (Å²) in [5.74, 6) is 0.323. The standard InChI is InChI=1S/C24H25N3O2/c28-22(20-7-6-19-8-12-25-21(19)16-20)26-13-9-24(10-14-26)11-15-27(23(24)29)17-18-4-2-1-3-5-18/h1-8,12,16,25H,9-11,13-15,17H2. The molecule has 0 aliphatic carbocycles. The van der Waals surface area contributed by atoms with Crippen LogP contribution in [-0.2, 0) is 11.3 Å². The molecular formula is C24H25N3O2. The number of hydrogen-bond donors (Lipinski definition) is 1. The summed E-state index contributed by atoms with van der Waals surface area (Å²) >= 11 is 0. The van der Waals surface area contributed by atoms with Crippen molar-refractivity contribution in [2.45, 2.75) is 25.8 Å². The largest absolute Gasteiger partial charge is 0.361 e. The monoisotopic (exact) mass is 387 g/mol. The fourth-order valence-electron chi connectivity index (χ4n) is 4.81. The van der Waals surface area contributed by atoms with E-state index in [1.54, 1.807) is 0 Å². The Labute approximate surface area is 170 Å². The van der Waals surface area contributed by atoms with Gasteiger partial charge in [-0.25, -0.2) is 0 Å². The molecule has 1 aromatic heterocycles. The summed E-state index contributed by atoms with van der Waals surface area (Å²) in [6.45, 7) is 2.78. The van der Waals surface area contributed by atoms with Gasteiger partial charge in [0.25, 0.3) is 5.91 Å². The van der Waals surface area contributed by atoms with E-state index in [1.807, 2.05) is 58.5 Å². The first-order valence-electron chi connectivity index (χ1n) is 10.3. The Kier molecular flexibility index (Phi) is 4.38. The number of rotatable bonds is 3. The second kappa shape index (κ2) is 7.07. The Morgan fingerprint density at radius 1 is 0.966 bits per heavy atom. The molecule has 2 aromatic carbocycles. The molecule has 0 unspecified atom stereocenters. The van der Waals surface area contributed by atoms with Gasteiger partial charge < -0.3 is 14.8 Å². The van der Waals surface area contributed by atoms with Crippen LogP contribution in [0.1, 0.15) is 35.2 Å². The van der Waals surface area contributed by atoms with Crippen molar-refractivity contribution < 1.29 is 9.59 Å². The number of hydrogen-bond acceptors (Lipinski definition) is 2. The zero-order chi connectivity index (χ0) is 19.8. The van der Waals surface area contributed by atoms with Crippen LogP contribution in [0.15, 0.2) is 60.8 Å². The predicted molar refractivity (Wildman–Crippen MR) is 112 cm³/mol. The molecule has 0 radical (unpaired) electrons. The van der Waals surface area contributed by atoms with Gasteiger partial charge in [0.1, 0.15) is 0 Å². The molecule has 3 heterocycles. The minimum Gasteiger partial charge on any atom is -0.361 e. The van der Waals surface area contributed by atoms with Crippen molar-refractivity contribution in [3.05, 3.63) is 71.9 Å². The van der Waals surface area contributed by atoms with Crippen LogP contribution in [0.2, 0.25) is 0 Å². The number of piperidine rings is 1. The lowest BCUT2D eigenvalue weighted by molar-refractivity contribution is -0.138. The van der Waals surface area contributed by atoms with Gasteiger partial charge in [0.05, 0.1) is 5.41 Å². The summed E-state index contributed by atoms with van der Waals surface area (Å²) in [6.07, 6.45) is 4.30. The number of H-pyrrole nitrogens is 1. The van der Waals surface area contributed by atoms with Crippen molar-refractivity contribution in [2.24, 2.45) is 5.41 Å². The summed E-state index contributed by atoms with van der Waals surface area (Å²) in [6, 6.07) is 18.0. The molecule has 2 saturated heterocycles. The van der Waals surface area contributed by atoms with Crippen molar-refractivity contribution in [1.82, 2.24) is 14.8 Å². The summed E-state index contributed by atoms with van der Waals surface area (Å²) in [5.41, 5.74) is 2.58. The van der Waals surface area contributed by atoms with Gasteiger partial charge in [0.15, 0.2) is 0 Å². The van der Waals surface area contributed by atoms with Crippen molar-refractivity contribution >= 4 is 22.7 Å². The van der Waals surface area contributed by atoms with E-state index in [-0.39, 0.29) is 17.2 Å². The van der Waals surface area contributed by atoms with Gasteiger partial charge >= 0.3 is 0 Å². The molecule has 1 N–H and O–H groups in total. The number of fused-ring (bicyclic) bond motifs is 1. The van der Waals surface area contributed by atoms with Crippen LogP contribution in [0.25, 0.3) is 10.9 Å². The number of carbonyl (C=O) groups is 2. The van der Waals surface area contributed by atoms with Crippen LogP contribution in [0.4, 0.5) is 0 Å². The molecule has 2 aliphatic rings. The van der Waals surface area contributed by atoms with Crippen LogP contribution in [-0.4, -0.2) is 46.2 Å². The number of benzene rings is 2. The minimum absolute atomic E-state index is 0.0583. The van der Waals surface area contributed by atoms with E-state index in [0.29, 0.717) is 25.2 Å². The van der Waals surface area contributed by atoms with Gasteiger partial charge in [-0.2, -0.15) is 0 Å². The Bertz CT molecular complexity index is 1050. The average Bonchev–Trinajstić information content (AvgIpc) is 3.35. The maximum absolute atomic E-state index is 13.2. The van der Waals surface area contributed by atoms with E-state index >= 15 is 0 Å². The van der Waals surface area contributed by atoms with E-state index in [1.165, 1.54) is 5.56 Å². The summed E-state index contributed by atoms with van der Waals surface area (Å²) in [7, 11) is 0. The van der Waals surface area contributed by atoms with Crippen LogP contribution in [0.5, 0.6) is 0 Å². The third kappa shape index (κ3) is 3.20. The molecule has 0 bridgehead atoms. The van der Waals surface area contributed by atoms with Crippen LogP contribution >= 0.6 is 0 Å². The summed E-state index contributed by atoms with van der Waals surface area (Å²) < 4.78 is 0. The average molecular weight is 387 g/mol. The number of aromatic amines is 1. The highest BCUT2D eigenvalue weighted by molar-refractivity contribution is 5.98. The Balaban J connectivity index is 1.25. The van der Waals surface area contributed by atoms with E-state index in [9.17, 15) is 9.59 Å². The number of likely N-dealkylation sites (tertiary alicyclic amines) is 2. The van der Waals surface area contributed by atoms with Gasteiger partial charge in [-0.1, -0.05) is 36.4 Å². The van der Waals surface area contributed by atoms with E-state index in [0.717, 1.165) is 36.7 Å². The van der Waals surface area contributed by atoms with E-state index < -0.39 is 0 Å². The highest BCUT2D eigenvalue weighted by atomic mass is 16.2. The number of amides is 2. The fraction of sp³-hybridized carbons (Fsp3) is 0.333. The second-order valence-corrected chi connectivity index (χ2v) is 8.31. The SMILES string of the molecule is O=C(c1ccc2cc[nH]c2c1)N1CCC2(CC1)CCN(Cc1ccccc1)C2=O. The molecule has 5 rings (SSSR count). The first-order chi connectivity index (χ1) is 14.1. The lowest BCUT2D eigenvalue weighted by Gasteiger charge is -2.38. The molecule has 3 aromatic rings. The molecule has 0 saturated carbocycles. The number of carbonyl (C=O) groups excluding carboxylic acids is 2. The van der Waals surface area contributed by atoms with Crippen molar-refractivity contribution in [2.75, 3.05) is 19.6 Å². The van der Waals surface area contributed by atoms with Gasteiger partial charge in [-0.3, -0.25) is 9.59 Å². The third-order valence-electron chi connectivity index (χ3n) is 6.63. The Morgan fingerprint density at radius 2 is 1.72 bits per heavy atom. The molecule has 1 spiro atoms. The molecule has 5 heteroatoms. The maximum Gasteiger partial charge on any atom is 0.253 e. The van der Waals surface area contributed by atoms with Gasteiger partial charge in [-0.05, 0) is 48.4 Å². The topological polar surface area (TPSA) is 56.4 Å². The third-order valence-corrected chi connectivity index (χ3v) is 6.63. The Morgan fingerprint density at radius 3 is 2.52 bits per heavy atom. The number of nitrogens with zero attached hydrogens (tertiary/aromatic N) is 2. The highest BCUT2D eigenvalue weighted by Gasteiger charge is 2.48. The first kappa shape index (κ1) is 18.0. The number of aromatic nitrogens is 1. The van der Waals surface area contributed by atoms with Crippen LogP contribution in [0, 0.1) is 5.41 Å². The molecule has 2 amide bonds. The maximum atomic E-state index is 13.2. The predicted octanol–water partition coefficient (Wildman–Crippen LogP) is 3.82. The van der Waals surface area contributed by atoms with Gasteiger partial charge in [0.2, 0.25) is 5.91 Å². The lowest BCUT2D eigenvalue weighted by Crippen LogP contribution is -2.46. The smallest absolute Gasteiger partial charge is 0.253 e. The van der Waals surface area contributed by atoms with Crippen molar-refractivity contribution in [1.29, 1.82) is 0 Å². The Hall–Kier alpha value is -3.08. The molecular weight excluding hydrogens is 362 g/mol.